The van der Waals surface area contributed by atoms with E-state index >= 15 is 0 Å². The van der Waals surface area contributed by atoms with Gasteiger partial charge in [0.1, 0.15) is 11.6 Å². The molecule has 18 heavy (non-hydrogen) atoms. The number of thioether (sulfide) groups is 1. The molecule has 4 rings (SSSR count). The van der Waals surface area contributed by atoms with Gasteiger partial charge in [-0.3, -0.25) is 0 Å². The van der Waals surface area contributed by atoms with Gasteiger partial charge in [0.25, 0.3) is 5.03 Å². The van der Waals surface area contributed by atoms with E-state index in [-0.39, 0.29) is 0 Å². The fourth-order valence-corrected chi connectivity index (χ4v) is 6.27. The van der Waals surface area contributed by atoms with Crippen molar-refractivity contribution in [2.24, 2.45) is 11.8 Å². The number of pyridine rings is 1. The lowest BCUT2D eigenvalue weighted by atomic mass is 9.94. The molecule has 2 bridgehead atoms. The first kappa shape index (κ1) is 10.9. The monoisotopic (exact) mass is 257 g/mol. The predicted molar refractivity (Wildman–Crippen MR) is 70.3 cm³/mol. The molecule has 2 saturated carbocycles. The van der Waals surface area contributed by atoms with Gasteiger partial charge >= 0.3 is 0 Å². The highest BCUT2D eigenvalue weighted by Gasteiger charge is 2.59. The topological polar surface area (TPSA) is 27.7 Å². The summed E-state index contributed by atoms with van der Waals surface area (Å²) >= 11 is 1.99. The van der Waals surface area contributed by atoms with Crippen LogP contribution in [0.5, 0.6) is 0 Å². The van der Waals surface area contributed by atoms with Gasteiger partial charge in [0.05, 0.1) is 5.25 Å². The molecular weight excluding hydrogens is 240 g/mol. The zero-order chi connectivity index (χ0) is 12.4. The number of hydrogen-bond donors (Lipinski definition) is 0. The Morgan fingerprint density at radius 3 is 2.89 bits per heavy atom. The zero-order valence-electron chi connectivity index (χ0n) is 10.8. The van der Waals surface area contributed by atoms with Crippen LogP contribution in [0.2, 0.25) is 0 Å². The van der Waals surface area contributed by atoms with E-state index in [2.05, 4.69) is 30.6 Å². The van der Waals surface area contributed by atoms with Crippen molar-refractivity contribution in [1.82, 2.24) is 0 Å². The molecule has 0 unspecified atom stereocenters. The Kier molecular flexibility index (Phi) is 2.12. The maximum Gasteiger partial charge on any atom is 0.259 e. The second-order valence-corrected chi connectivity index (χ2v) is 7.20. The molecule has 3 aliphatic rings. The summed E-state index contributed by atoms with van der Waals surface area (Å²) in [5, 5.41) is 11.4. The molecule has 0 spiro atoms. The molecule has 1 aliphatic heterocycles. The third kappa shape index (κ3) is 1.17. The summed E-state index contributed by atoms with van der Waals surface area (Å²) in [4.78, 5) is 0. The minimum absolute atomic E-state index is 0.677. The third-order valence-corrected chi connectivity index (χ3v) is 6.65. The lowest BCUT2D eigenvalue weighted by Gasteiger charge is -2.19. The van der Waals surface area contributed by atoms with Crippen molar-refractivity contribution in [3.05, 3.63) is 22.9 Å². The summed E-state index contributed by atoms with van der Waals surface area (Å²) in [5.74, 6) is 1.77. The van der Waals surface area contributed by atoms with Crippen molar-refractivity contribution in [3.63, 3.8) is 0 Å². The van der Waals surface area contributed by atoms with E-state index in [1.165, 1.54) is 30.0 Å². The van der Waals surface area contributed by atoms with Gasteiger partial charge in [-0.05, 0) is 49.4 Å². The van der Waals surface area contributed by atoms with Gasteiger partial charge in [0, 0.05) is 18.9 Å². The second kappa shape index (κ2) is 3.51. The van der Waals surface area contributed by atoms with E-state index in [1.54, 1.807) is 0 Å². The van der Waals surface area contributed by atoms with Crippen molar-refractivity contribution in [1.29, 1.82) is 5.26 Å². The van der Waals surface area contributed by atoms with Crippen LogP contribution >= 0.6 is 11.8 Å². The van der Waals surface area contributed by atoms with Crippen LogP contribution in [-0.4, -0.2) is 5.25 Å². The van der Waals surface area contributed by atoms with Crippen LogP contribution in [0.4, 0.5) is 0 Å². The largest absolute Gasteiger partial charge is 0.259 e. The Bertz CT molecular complexity index is 587. The number of aryl methyl sites for hydroxylation is 2. The summed E-state index contributed by atoms with van der Waals surface area (Å²) in [6.07, 6.45) is 4.23. The quantitative estimate of drug-likeness (QED) is 0.668. The molecule has 0 saturated heterocycles. The summed E-state index contributed by atoms with van der Waals surface area (Å²) < 4.78 is 2.49. The highest BCUT2D eigenvalue weighted by molar-refractivity contribution is 8.00. The van der Waals surface area contributed by atoms with Gasteiger partial charge in [-0.2, -0.15) is 9.83 Å². The maximum absolute atomic E-state index is 9.41. The van der Waals surface area contributed by atoms with Crippen LogP contribution in [0.25, 0.3) is 0 Å². The molecule has 1 aromatic heterocycles. The first-order valence-electron chi connectivity index (χ1n) is 6.83. The third-order valence-electron chi connectivity index (χ3n) is 5.09. The Labute approximate surface area is 112 Å². The standard InChI is InChI=1S/C15H17N2S/c1-8-5-9(2)17-13-10-3-4-11(6-10)14(13)18-15(17)12(8)7-16/h5,10-11,13-14H,3-4,6H2,1-2H3/q+1/t10-,11+,13+,14-/m1/s1. The average Bonchev–Trinajstić information content (AvgIpc) is 2.99. The van der Waals surface area contributed by atoms with Crippen LogP contribution < -0.4 is 4.57 Å². The molecule has 2 aliphatic carbocycles. The normalized spacial score (nSPS) is 35.4. The second-order valence-electron chi connectivity index (χ2n) is 6.04. The lowest BCUT2D eigenvalue weighted by Crippen LogP contribution is -2.46. The minimum Gasteiger partial charge on any atom is -0.192 e. The summed E-state index contributed by atoms with van der Waals surface area (Å²) in [5.41, 5.74) is 3.40. The van der Waals surface area contributed by atoms with E-state index in [1.807, 2.05) is 11.8 Å². The number of nitrogens with zero attached hydrogens (tertiary/aromatic N) is 2. The molecule has 0 amide bonds. The van der Waals surface area contributed by atoms with Gasteiger partial charge < -0.3 is 0 Å². The SMILES string of the molecule is Cc1cc(C)[n+]2c(c1C#N)S[C@@H]1[C@H]3CC[C@H](C3)[C@@H]12. The van der Waals surface area contributed by atoms with E-state index < -0.39 is 0 Å². The molecule has 1 aromatic rings. The molecule has 0 aromatic carbocycles. The van der Waals surface area contributed by atoms with Crippen LogP contribution in [-0.2, 0) is 0 Å². The molecule has 0 N–H and O–H groups in total. The molecule has 3 heteroatoms. The number of fused-ring (bicyclic) bond motifs is 7. The predicted octanol–water partition coefficient (Wildman–Crippen LogP) is 2.91. The Balaban J connectivity index is 1.94. The van der Waals surface area contributed by atoms with Gasteiger partial charge in [-0.15, -0.1) is 0 Å². The fourth-order valence-electron chi connectivity index (χ4n) is 4.39. The average molecular weight is 257 g/mol. The smallest absolute Gasteiger partial charge is 0.192 e. The van der Waals surface area contributed by atoms with E-state index in [4.69, 9.17) is 0 Å². The van der Waals surface area contributed by atoms with E-state index in [9.17, 15) is 5.26 Å². The molecule has 92 valence electrons. The van der Waals surface area contributed by atoms with E-state index in [0.29, 0.717) is 6.04 Å². The van der Waals surface area contributed by atoms with Crippen molar-refractivity contribution in [2.45, 2.75) is 49.4 Å². The zero-order valence-corrected chi connectivity index (χ0v) is 11.6. The number of nitriles is 1. The molecule has 2 fully saturated rings. The summed E-state index contributed by atoms with van der Waals surface area (Å²) in [6.45, 7) is 4.27. The highest BCUT2D eigenvalue weighted by atomic mass is 32.2. The van der Waals surface area contributed by atoms with Gasteiger partial charge in [0.2, 0.25) is 0 Å². The number of rotatable bonds is 0. The van der Waals surface area contributed by atoms with Crippen molar-refractivity contribution < 1.29 is 4.57 Å². The van der Waals surface area contributed by atoms with Crippen LogP contribution in [0.1, 0.15) is 42.1 Å². The molecule has 2 nitrogen and oxygen atoms in total. The first-order valence-corrected chi connectivity index (χ1v) is 7.71. The minimum atomic E-state index is 0.677. The lowest BCUT2D eigenvalue weighted by molar-refractivity contribution is -0.761. The number of hydrogen-bond acceptors (Lipinski definition) is 2. The molecule has 4 atom stereocenters. The van der Waals surface area contributed by atoms with Gasteiger partial charge in [0.15, 0.2) is 11.7 Å². The highest BCUT2D eigenvalue weighted by Crippen LogP contribution is 2.58. The summed E-state index contributed by atoms with van der Waals surface area (Å²) in [6, 6.07) is 5.29. The Morgan fingerprint density at radius 2 is 2.11 bits per heavy atom. The first-order chi connectivity index (χ1) is 8.70. The molecule has 0 radical (unpaired) electrons. The van der Waals surface area contributed by atoms with Gasteiger partial charge in [-0.1, -0.05) is 0 Å². The molecule has 2 heterocycles. The number of aromatic nitrogens is 1. The van der Waals surface area contributed by atoms with Crippen LogP contribution in [0, 0.1) is 37.0 Å². The van der Waals surface area contributed by atoms with E-state index in [0.717, 1.165) is 28.2 Å². The Morgan fingerprint density at radius 1 is 1.33 bits per heavy atom. The van der Waals surface area contributed by atoms with Crippen LogP contribution in [0.15, 0.2) is 11.1 Å². The fraction of sp³-hybridized carbons (Fsp3) is 0.600. The maximum atomic E-state index is 9.41. The van der Waals surface area contributed by atoms with Crippen molar-refractivity contribution in [2.75, 3.05) is 0 Å². The Hall–Kier alpha value is -1.01. The van der Waals surface area contributed by atoms with Crippen molar-refractivity contribution in [3.8, 4) is 6.07 Å². The van der Waals surface area contributed by atoms with Crippen molar-refractivity contribution >= 4 is 11.8 Å². The molecular formula is C15H17N2S+. The van der Waals surface area contributed by atoms with Gasteiger partial charge in [-0.25, -0.2) is 0 Å². The summed E-state index contributed by atoms with van der Waals surface area (Å²) in [7, 11) is 0. The van der Waals surface area contributed by atoms with Crippen LogP contribution in [0.3, 0.4) is 0 Å².